The molecule has 1 aliphatic carbocycles. The summed E-state index contributed by atoms with van der Waals surface area (Å²) in [4.78, 5) is 17.2. The van der Waals surface area contributed by atoms with E-state index < -0.39 is 11.5 Å². The van der Waals surface area contributed by atoms with Crippen molar-refractivity contribution in [2.75, 3.05) is 11.9 Å². The number of carbonyl (C=O) groups excluding carboxylic acids is 1. The van der Waals surface area contributed by atoms with Gasteiger partial charge in [-0.3, -0.25) is 4.79 Å². The van der Waals surface area contributed by atoms with Gasteiger partial charge in [-0.1, -0.05) is 123 Å². The van der Waals surface area contributed by atoms with Crippen LogP contribution >= 0.6 is 0 Å². The largest absolute Gasteiger partial charge is 0.363 e. The Hall–Kier alpha value is -4.17. The quantitative estimate of drug-likeness (QED) is 0.260. The van der Waals surface area contributed by atoms with E-state index in [1.54, 1.807) is 0 Å². The van der Waals surface area contributed by atoms with E-state index in [1.165, 1.54) is 11.3 Å². The summed E-state index contributed by atoms with van der Waals surface area (Å²) < 4.78 is 0. The standard InChI is InChI=1S/C36H33NO/c1-4-35(2)31-22-14-15-23-32(31)37(3)36(35)25-29(26-16-8-5-9-17-26)24-30(27-18-10-6-11-19-27)33(36)34(38)28-20-12-7-13-21-28/h5-25,33H,4H2,1-3H3/t33-,35+,36-/m0/s1. The lowest BCUT2D eigenvalue weighted by atomic mass is 9.55. The number of allylic oxidation sites excluding steroid dienone is 2. The SMILES string of the molecule is CC[C@]1(C)c2ccccc2N(C)[C@]12C=C(c1ccccc1)C=C(c1ccccc1)[C@H]2C(=O)c1ccccc1. The fourth-order valence-corrected chi connectivity index (χ4v) is 6.90. The lowest BCUT2D eigenvalue weighted by molar-refractivity contribution is 0.0877. The Labute approximate surface area is 226 Å². The molecular formula is C36H33NO. The second kappa shape index (κ2) is 9.29. The van der Waals surface area contributed by atoms with E-state index in [0.29, 0.717) is 0 Å². The predicted octanol–water partition coefficient (Wildman–Crippen LogP) is 8.22. The Kier molecular flexibility index (Phi) is 5.91. The molecule has 0 bridgehead atoms. The summed E-state index contributed by atoms with van der Waals surface area (Å²) in [5.74, 6) is -0.245. The van der Waals surface area contributed by atoms with E-state index in [2.05, 4.69) is 117 Å². The maximum atomic E-state index is 14.8. The second-order valence-corrected chi connectivity index (χ2v) is 10.7. The Morgan fingerprint density at radius 1 is 0.763 bits per heavy atom. The number of carbonyl (C=O) groups is 1. The number of anilines is 1. The molecule has 1 aliphatic heterocycles. The van der Waals surface area contributed by atoms with Crippen molar-refractivity contribution in [1.82, 2.24) is 0 Å². The van der Waals surface area contributed by atoms with Crippen LogP contribution in [0.2, 0.25) is 0 Å². The number of rotatable bonds is 5. The van der Waals surface area contributed by atoms with Gasteiger partial charge in [0.15, 0.2) is 5.78 Å². The molecule has 0 N–H and O–H groups in total. The number of hydrogen-bond acceptors (Lipinski definition) is 2. The minimum absolute atomic E-state index is 0.156. The van der Waals surface area contributed by atoms with E-state index in [1.807, 2.05) is 36.4 Å². The Morgan fingerprint density at radius 2 is 1.32 bits per heavy atom. The van der Waals surface area contributed by atoms with Crippen LogP contribution in [0.25, 0.3) is 11.1 Å². The first kappa shape index (κ1) is 24.2. The first-order valence-corrected chi connectivity index (χ1v) is 13.5. The van der Waals surface area contributed by atoms with Gasteiger partial charge in [-0.2, -0.15) is 0 Å². The first-order chi connectivity index (χ1) is 18.5. The van der Waals surface area contributed by atoms with Gasteiger partial charge in [-0.05, 0) is 52.5 Å². The normalized spacial score (nSPS) is 24.1. The molecule has 3 atom stereocenters. The topological polar surface area (TPSA) is 20.3 Å². The zero-order valence-electron chi connectivity index (χ0n) is 22.3. The zero-order chi connectivity index (χ0) is 26.3. The number of ketones is 1. The molecule has 0 amide bonds. The van der Waals surface area contributed by atoms with Gasteiger partial charge in [0.2, 0.25) is 0 Å². The lowest BCUT2D eigenvalue weighted by Gasteiger charge is -2.53. The monoisotopic (exact) mass is 495 g/mol. The van der Waals surface area contributed by atoms with Crippen LogP contribution in [0, 0.1) is 5.92 Å². The number of fused-ring (bicyclic) bond motifs is 1. The van der Waals surface area contributed by atoms with Crippen molar-refractivity contribution in [3.63, 3.8) is 0 Å². The summed E-state index contributed by atoms with van der Waals surface area (Å²) in [7, 11) is 2.18. The molecule has 6 rings (SSSR count). The summed E-state index contributed by atoms with van der Waals surface area (Å²) in [5.41, 5.74) is 6.80. The summed E-state index contributed by atoms with van der Waals surface area (Å²) in [6, 6.07) is 39.6. The summed E-state index contributed by atoms with van der Waals surface area (Å²) in [6.45, 7) is 4.62. The highest BCUT2D eigenvalue weighted by atomic mass is 16.1. The third-order valence-corrected chi connectivity index (χ3v) is 8.98. The van der Waals surface area contributed by atoms with Gasteiger partial charge < -0.3 is 4.90 Å². The fourth-order valence-electron chi connectivity index (χ4n) is 6.90. The molecule has 0 fully saturated rings. The minimum atomic E-state index is -0.608. The minimum Gasteiger partial charge on any atom is -0.363 e. The van der Waals surface area contributed by atoms with Crippen molar-refractivity contribution >= 4 is 22.6 Å². The number of Topliss-reactive ketones (excluding diaryl/α,β-unsaturated/α-hetero) is 1. The van der Waals surface area contributed by atoms with Crippen molar-refractivity contribution in [3.8, 4) is 0 Å². The van der Waals surface area contributed by atoms with Crippen LogP contribution in [0.5, 0.6) is 0 Å². The first-order valence-electron chi connectivity index (χ1n) is 13.5. The molecule has 0 radical (unpaired) electrons. The molecule has 0 aromatic heterocycles. The molecule has 0 saturated carbocycles. The van der Waals surface area contributed by atoms with E-state index in [9.17, 15) is 4.79 Å². The summed E-state index contributed by atoms with van der Waals surface area (Å²) in [5, 5.41) is 0. The number of para-hydroxylation sites is 1. The lowest BCUT2D eigenvalue weighted by Crippen LogP contribution is -2.62. The van der Waals surface area contributed by atoms with Crippen molar-refractivity contribution in [2.45, 2.75) is 31.2 Å². The molecule has 38 heavy (non-hydrogen) atoms. The maximum Gasteiger partial charge on any atom is 0.173 e. The molecule has 1 heterocycles. The molecule has 0 saturated heterocycles. The highest BCUT2D eigenvalue weighted by molar-refractivity contribution is 6.10. The Morgan fingerprint density at radius 3 is 1.95 bits per heavy atom. The maximum absolute atomic E-state index is 14.8. The van der Waals surface area contributed by atoms with E-state index in [4.69, 9.17) is 0 Å². The van der Waals surface area contributed by atoms with Gasteiger partial charge in [0.25, 0.3) is 0 Å². The smallest absolute Gasteiger partial charge is 0.173 e. The number of nitrogens with zero attached hydrogens (tertiary/aromatic N) is 1. The Balaban J connectivity index is 1.71. The van der Waals surface area contributed by atoms with Crippen LogP contribution in [0.1, 0.15) is 47.3 Å². The summed E-state index contributed by atoms with van der Waals surface area (Å²) >= 11 is 0. The van der Waals surface area contributed by atoms with E-state index in [0.717, 1.165) is 34.3 Å². The molecule has 2 aliphatic rings. The number of benzene rings is 4. The van der Waals surface area contributed by atoms with Crippen LogP contribution in [0.3, 0.4) is 0 Å². The molecule has 4 aromatic rings. The molecule has 2 nitrogen and oxygen atoms in total. The highest BCUT2D eigenvalue weighted by Gasteiger charge is 2.63. The van der Waals surface area contributed by atoms with Crippen LogP contribution < -0.4 is 4.90 Å². The van der Waals surface area contributed by atoms with Crippen LogP contribution in [-0.2, 0) is 5.41 Å². The third kappa shape index (κ3) is 3.44. The van der Waals surface area contributed by atoms with E-state index >= 15 is 0 Å². The van der Waals surface area contributed by atoms with Gasteiger partial charge in [0, 0.05) is 23.7 Å². The Bertz CT molecular complexity index is 1540. The van der Waals surface area contributed by atoms with Crippen LogP contribution in [0.4, 0.5) is 5.69 Å². The molecular weight excluding hydrogens is 462 g/mol. The number of hydrogen-bond donors (Lipinski definition) is 0. The van der Waals surface area contributed by atoms with Gasteiger partial charge in [0.05, 0.1) is 11.5 Å². The zero-order valence-corrected chi connectivity index (χ0v) is 22.3. The molecule has 2 heteroatoms. The highest BCUT2D eigenvalue weighted by Crippen LogP contribution is 2.61. The van der Waals surface area contributed by atoms with Crippen LogP contribution in [0.15, 0.2) is 127 Å². The van der Waals surface area contributed by atoms with Crippen molar-refractivity contribution in [3.05, 3.63) is 150 Å². The second-order valence-electron chi connectivity index (χ2n) is 10.7. The van der Waals surface area contributed by atoms with Crippen LogP contribution in [-0.4, -0.2) is 18.4 Å². The fraction of sp³-hybridized carbons (Fsp3) is 0.194. The number of likely N-dealkylation sites (N-methyl/N-ethyl adjacent to an activating group) is 1. The molecule has 1 spiro atoms. The van der Waals surface area contributed by atoms with E-state index in [-0.39, 0.29) is 11.2 Å². The third-order valence-electron chi connectivity index (χ3n) is 8.98. The summed E-state index contributed by atoms with van der Waals surface area (Å²) in [6.07, 6.45) is 5.56. The van der Waals surface area contributed by atoms with Crippen molar-refractivity contribution < 1.29 is 4.79 Å². The molecule has 4 aromatic carbocycles. The van der Waals surface area contributed by atoms with Crippen molar-refractivity contribution in [2.24, 2.45) is 5.92 Å². The predicted molar refractivity (Wildman–Crippen MR) is 158 cm³/mol. The average Bonchev–Trinajstić information content (AvgIpc) is 3.17. The van der Waals surface area contributed by atoms with Crippen molar-refractivity contribution in [1.29, 1.82) is 0 Å². The molecule has 0 unspecified atom stereocenters. The average molecular weight is 496 g/mol. The van der Waals surface area contributed by atoms with Gasteiger partial charge in [0.1, 0.15) is 0 Å². The van der Waals surface area contributed by atoms with Gasteiger partial charge in [-0.25, -0.2) is 0 Å². The van der Waals surface area contributed by atoms with Gasteiger partial charge >= 0.3 is 0 Å². The van der Waals surface area contributed by atoms with Gasteiger partial charge in [-0.15, -0.1) is 0 Å². The molecule has 188 valence electrons.